The zero-order chi connectivity index (χ0) is 24.4. The predicted octanol–water partition coefficient (Wildman–Crippen LogP) is 3.09. The zero-order valence-corrected chi connectivity index (χ0v) is 20.7. The number of carbonyl (C=O) groups is 1. The summed E-state index contributed by atoms with van der Waals surface area (Å²) in [4.78, 5) is 14.7. The number of hydrogen-bond donors (Lipinski definition) is 2. The van der Waals surface area contributed by atoms with Crippen LogP contribution in [0.25, 0.3) is 0 Å². The van der Waals surface area contributed by atoms with Gasteiger partial charge < -0.3 is 19.2 Å². The van der Waals surface area contributed by atoms with Gasteiger partial charge in [0.15, 0.2) is 11.5 Å². The number of amides is 1. The first-order chi connectivity index (χ1) is 16.4. The highest BCUT2D eigenvalue weighted by atomic mass is 32.2. The Labute approximate surface area is 201 Å². The lowest BCUT2D eigenvalue weighted by Gasteiger charge is -2.28. The largest absolute Gasteiger partial charge is 0.486 e. The summed E-state index contributed by atoms with van der Waals surface area (Å²) in [7, 11) is -3.63. The topological polar surface area (TPSA) is 110 Å². The van der Waals surface area contributed by atoms with Crippen LogP contribution in [0.5, 0.6) is 11.5 Å². The molecule has 10 heteroatoms. The summed E-state index contributed by atoms with van der Waals surface area (Å²) in [6.07, 6.45) is 4.13. The van der Waals surface area contributed by atoms with Crippen LogP contribution in [0.4, 0.5) is 0 Å². The molecule has 1 atom stereocenters. The number of sulfonamides is 1. The standard InChI is InChI=1S/C24H35N3O6S/c1-3-27(4-2)20(21-9-8-14-31-21)18-25-24(28)10-6-5-7-13-26-34(29,30)19-11-12-22-23(17-19)33-16-15-32-22/h8-9,11-12,14,17,20,26H,3-7,10,13,15-16,18H2,1-2H3,(H,25,28). The summed E-state index contributed by atoms with van der Waals surface area (Å²) >= 11 is 0. The summed E-state index contributed by atoms with van der Waals surface area (Å²) < 4.78 is 44.1. The number of unbranched alkanes of at least 4 members (excludes halogenated alkanes) is 2. The summed E-state index contributed by atoms with van der Waals surface area (Å²) in [5, 5.41) is 3.01. The minimum absolute atomic E-state index is 0.00362. The van der Waals surface area contributed by atoms with Crippen LogP contribution in [0, 0.1) is 0 Å². The third kappa shape index (κ3) is 7.22. The number of furan rings is 1. The highest BCUT2D eigenvalue weighted by Gasteiger charge is 2.21. The van der Waals surface area contributed by atoms with Gasteiger partial charge in [0, 0.05) is 25.6 Å². The van der Waals surface area contributed by atoms with Crippen LogP contribution in [0.15, 0.2) is 45.9 Å². The van der Waals surface area contributed by atoms with Crippen molar-refractivity contribution in [1.82, 2.24) is 14.9 Å². The maximum Gasteiger partial charge on any atom is 0.240 e. The van der Waals surface area contributed by atoms with Gasteiger partial charge in [-0.2, -0.15) is 0 Å². The van der Waals surface area contributed by atoms with Crippen LogP contribution in [0.1, 0.15) is 51.3 Å². The van der Waals surface area contributed by atoms with Gasteiger partial charge in [0.2, 0.25) is 15.9 Å². The van der Waals surface area contributed by atoms with E-state index in [9.17, 15) is 13.2 Å². The Morgan fingerprint density at radius 3 is 2.53 bits per heavy atom. The van der Waals surface area contributed by atoms with E-state index in [1.54, 1.807) is 12.3 Å². The molecule has 1 amide bonds. The first-order valence-corrected chi connectivity index (χ1v) is 13.4. The van der Waals surface area contributed by atoms with Crippen molar-refractivity contribution in [2.45, 2.75) is 50.5 Å². The van der Waals surface area contributed by atoms with Crippen molar-refractivity contribution in [3.63, 3.8) is 0 Å². The van der Waals surface area contributed by atoms with E-state index in [4.69, 9.17) is 13.9 Å². The molecule has 1 unspecified atom stereocenters. The number of ether oxygens (including phenoxy) is 2. The lowest BCUT2D eigenvalue weighted by Crippen LogP contribution is -2.37. The minimum atomic E-state index is -3.63. The Balaban J connectivity index is 1.35. The molecule has 1 aliphatic rings. The van der Waals surface area contributed by atoms with E-state index in [-0.39, 0.29) is 16.8 Å². The molecule has 9 nitrogen and oxygen atoms in total. The molecule has 1 aliphatic heterocycles. The van der Waals surface area contributed by atoms with Crippen molar-refractivity contribution in [2.24, 2.45) is 0 Å². The van der Waals surface area contributed by atoms with Crippen LogP contribution in [-0.4, -0.2) is 58.6 Å². The van der Waals surface area contributed by atoms with Gasteiger partial charge >= 0.3 is 0 Å². The van der Waals surface area contributed by atoms with Crippen LogP contribution < -0.4 is 19.5 Å². The molecule has 3 rings (SSSR count). The molecule has 1 aromatic heterocycles. The van der Waals surface area contributed by atoms with E-state index in [1.165, 1.54) is 12.1 Å². The van der Waals surface area contributed by atoms with Gasteiger partial charge in [-0.25, -0.2) is 13.1 Å². The second kappa shape index (κ2) is 12.8. The van der Waals surface area contributed by atoms with E-state index in [1.807, 2.05) is 12.1 Å². The van der Waals surface area contributed by atoms with E-state index in [0.29, 0.717) is 57.1 Å². The molecular weight excluding hydrogens is 458 g/mol. The SMILES string of the molecule is CCN(CC)C(CNC(=O)CCCCCNS(=O)(=O)c1ccc2c(c1)OCCO2)c1ccco1. The summed E-state index contributed by atoms with van der Waals surface area (Å²) in [5.74, 6) is 1.82. The van der Waals surface area contributed by atoms with Crippen LogP contribution in [-0.2, 0) is 14.8 Å². The summed E-state index contributed by atoms with van der Waals surface area (Å²) in [5.41, 5.74) is 0. The second-order valence-electron chi connectivity index (χ2n) is 8.07. The fraction of sp³-hybridized carbons (Fsp3) is 0.542. The Morgan fingerprint density at radius 2 is 1.82 bits per heavy atom. The summed E-state index contributed by atoms with van der Waals surface area (Å²) in [6.45, 7) is 7.54. The number of benzene rings is 1. The summed E-state index contributed by atoms with van der Waals surface area (Å²) in [6, 6.07) is 8.39. The highest BCUT2D eigenvalue weighted by Crippen LogP contribution is 2.32. The van der Waals surface area contributed by atoms with Gasteiger partial charge in [0.1, 0.15) is 19.0 Å². The van der Waals surface area contributed by atoms with Crippen molar-refractivity contribution < 1.29 is 27.1 Å². The molecule has 188 valence electrons. The number of nitrogens with one attached hydrogen (secondary N) is 2. The van der Waals surface area contributed by atoms with Gasteiger partial charge in [-0.1, -0.05) is 20.3 Å². The third-order valence-electron chi connectivity index (χ3n) is 5.81. The Kier molecular flexibility index (Phi) is 9.79. The smallest absolute Gasteiger partial charge is 0.240 e. The van der Waals surface area contributed by atoms with E-state index < -0.39 is 10.0 Å². The first kappa shape index (κ1) is 26.1. The number of hydrogen-bond acceptors (Lipinski definition) is 7. The number of carbonyl (C=O) groups excluding carboxylic acids is 1. The van der Waals surface area contributed by atoms with Gasteiger partial charge in [-0.3, -0.25) is 9.69 Å². The van der Waals surface area contributed by atoms with Gasteiger partial charge in [-0.15, -0.1) is 0 Å². The highest BCUT2D eigenvalue weighted by molar-refractivity contribution is 7.89. The number of rotatable bonds is 14. The quantitative estimate of drug-likeness (QED) is 0.389. The average molecular weight is 494 g/mol. The lowest BCUT2D eigenvalue weighted by atomic mass is 10.1. The minimum Gasteiger partial charge on any atom is -0.486 e. The number of fused-ring (bicyclic) bond motifs is 1. The molecule has 2 heterocycles. The maximum absolute atomic E-state index is 12.5. The Bertz CT molecular complexity index is 1010. The fourth-order valence-electron chi connectivity index (χ4n) is 3.92. The average Bonchev–Trinajstić information content (AvgIpc) is 3.38. The molecule has 0 saturated heterocycles. The molecule has 0 aliphatic carbocycles. The predicted molar refractivity (Wildman–Crippen MR) is 128 cm³/mol. The lowest BCUT2D eigenvalue weighted by molar-refractivity contribution is -0.121. The monoisotopic (exact) mass is 493 g/mol. The molecule has 0 fully saturated rings. The third-order valence-corrected chi connectivity index (χ3v) is 7.27. The number of likely N-dealkylation sites (N-methyl/N-ethyl adjacent to an activating group) is 1. The second-order valence-corrected chi connectivity index (χ2v) is 9.84. The molecule has 2 aromatic rings. The van der Waals surface area contributed by atoms with Gasteiger partial charge in [0.05, 0.1) is 17.2 Å². The molecule has 1 aromatic carbocycles. The normalized spacial score (nSPS) is 14.2. The van der Waals surface area contributed by atoms with Crippen molar-refractivity contribution >= 4 is 15.9 Å². The molecule has 0 radical (unpaired) electrons. The van der Waals surface area contributed by atoms with Crippen molar-refractivity contribution in [3.05, 3.63) is 42.4 Å². The fourth-order valence-corrected chi connectivity index (χ4v) is 5.01. The molecule has 0 saturated carbocycles. The van der Waals surface area contributed by atoms with Crippen molar-refractivity contribution in [1.29, 1.82) is 0 Å². The molecular formula is C24H35N3O6S. The van der Waals surface area contributed by atoms with Crippen LogP contribution in [0.2, 0.25) is 0 Å². The first-order valence-electron chi connectivity index (χ1n) is 11.9. The van der Waals surface area contributed by atoms with Gasteiger partial charge in [0.25, 0.3) is 0 Å². The van der Waals surface area contributed by atoms with Crippen LogP contribution in [0.3, 0.4) is 0 Å². The number of nitrogens with zero attached hydrogens (tertiary/aromatic N) is 1. The maximum atomic E-state index is 12.5. The molecule has 2 N–H and O–H groups in total. The molecule has 0 bridgehead atoms. The molecule has 34 heavy (non-hydrogen) atoms. The Hall–Kier alpha value is -2.56. The van der Waals surface area contributed by atoms with Crippen LogP contribution >= 0.6 is 0 Å². The van der Waals surface area contributed by atoms with Crippen molar-refractivity contribution in [3.8, 4) is 11.5 Å². The van der Waals surface area contributed by atoms with Gasteiger partial charge in [-0.05, 0) is 50.2 Å². The Morgan fingerprint density at radius 1 is 1.06 bits per heavy atom. The van der Waals surface area contributed by atoms with E-state index >= 15 is 0 Å². The molecule has 0 spiro atoms. The van der Waals surface area contributed by atoms with E-state index in [2.05, 4.69) is 28.8 Å². The van der Waals surface area contributed by atoms with E-state index in [0.717, 1.165) is 25.3 Å². The zero-order valence-electron chi connectivity index (χ0n) is 19.9. The van der Waals surface area contributed by atoms with Crippen molar-refractivity contribution in [2.75, 3.05) is 39.4 Å².